The van der Waals surface area contributed by atoms with Crippen LogP contribution in [0.15, 0.2) is 30.3 Å². The predicted octanol–water partition coefficient (Wildman–Crippen LogP) is -0.728. The molecule has 0 aliphatic carbocycles. The van der Waals surface area contributed by atoms with Crippen LogP contribution in [0.3, 0.4) is 0 Å². The summed E-state index contributed by atoms with van der Waals surface area (Å²) in [7, 11) is 0. The number of amides is 4. The summed E-state index contributed by atoms with van der Waals surface area (Å²) >= 11 is 0. The van der Waals surface area contributed by atoms with Gasteiger partial charge in [0.15, 0.2) is 0 Å². The lowest BCUT2D eigenvalue weighted by Gasteiger charge is -2.25. The van der Waals surface area contributed by atoms with Crippen molar-refractivity contribution in [3.8, 4) is 0 Å². The van der Waals surface area contributed by atoms with Crippen molar-refractivity contribution in [2.45, 2.75) is 76.5 Å². The van der Waals surface area contributed by atoms with E-state index in [4.69, 9.17) is 16.6 Å². The summed E-state index contributed by atoms with van der Waals surface area (Å²) in [4.78, 5) is 72.6. The molecule has 0 bridgehead atoms. The van der Waals surface area contributed by atoms with Crippen molar-refractivity contribution in [2.24, 2.45) is 17.4 Å². The fourth-order valence-corrected chi connectivity index (χ4v) is 3.57. The Balaban J connectivity index is 3.03. The van der Waals surface area contributed by atoms with Gasteiger partial charge in [-0.2, -0.15) is 0 Å². The second-order valence-electron chi connectivity index (χ2n) is 9.38. The first-order valence-electron chi connectivity index (χ1n) is 12.2. The zero-order valence-electron chi connectivity index (χ0n) is 21.5. The molecule has 0 aliphatic heterocycles. The van der Waals surface area contributed by atoms with Gasteiger partial charge in [0.05, 0.1) is 6.04 Å². The summed E-state index contributed by atoms with van der Waals surface area (Å²) in [5.74, 6) is -5.77. The van der Waals surface area contributed by atoms with E-state index in [1.54, 1.807) is 44.2 Å². The maximum Gasteiger partial charge on any atom is 0.326 e. The van der Waals surface area contributed by atoms with Gasteiger partial charge in [-0.05, 0) is 37.2 Å². The lowest BCUT2D eigenvalue weighted by atomic mass is 10.0. The molecule has 38 heavy (non-hydrogen) atoms. The molecule has 0 saturated carbocycles. The van der Waals surface area contributed by atoms with Crippen molar-refractivity contribution in [3.63, 3.8) is 0 Å². The van der Waals surface area contributed by atoms with Crippen molar-refractivity contribution in [2.75, 3.05) is 0 Å². The smallest absolute Gasteiger partial charge is 0.326 e. The van der Waals surface area contributed by atoms with Gasteiger partial charge < -0.3 is 37.6 Å². The van der Waals surface area contributed by atoms with Crippen LogP contribution in [-0.2, 0) is 35.2 Å². The van der Waals surface area contributed by atoms with Gasteiger partial charge in [-0.15, -0.1) is 0 Å². The number of carboxylic acid groups (broad SMARTS) is 2. The molecule has 9 N–H and O–H groups in total. The van der Waals surface area contributed by atoms with Gasteiger partial charge in [0.25, 0.3) is 0 Å². The van der Waals surface area contributed by atoms with Crippen molar-refractivity contribution >= 4 is 35.6 Å². The molecule has 13 heteroatoms. The van der Waals surface area contributed by atoms with E-state index in [0.29, 0.717) is 0 Å². The van der Waals surface area contributed by atoms with Crippen LogP contribution < -0.4 is 27.4 Å². The Labute approximate surface area is 220 Å². The van der Waals surface area contributed by atoms with Crippen LogP contribution >= 0.6 is 0 Å². The topological polar surface area (TPSA) is 231 Å². The largest absolute Gasteiger partial charge is 0.481 e. The number of primary amides is 1. The third-order valence-electron chi connectivity index (χ3n) is 5.55. The molecule has 0 spiro atoms. The average molecular weight is 536 g/mol. The Kier molecular flexibility index (Phi) is 13.5. The molecule has 0 aromatic heterocycles. The van der Waals surface area contributed by atoms with Crippen molar-refractivity contribution in [1.82, 2.24) is 16.0 Å². The van der Waals surface area contributed by atoms with E-state index in [9.17, 15) is 33.9 Å². The third-order valence-corrected chi connectivity index (χ3v) is 5.55. The molecule has 1 aromatic rings. The quantitative estimate of drug-likeness (QED) is 0.133. The number of aliphatic carboxylic acids is 2. The highest BCUT2D eigenvalue weighted by molar-refractivity contribution is 5.94. The third kappa shape index (κ3) is 12.3. The number of hydrogen-bond donors (Lipinski definition) is 7. The van der Waals surface area contributed by atoms with E-state index in [-0.39, 0.29) is 38.0 Å². The van der Waals surface area contributed by atoms with Crippen LogP contribution in [0.2, 0.25) is 0 Å². The maximum absolute atomic E-state index is 13.1. The van der Waals surface area contributed by atoms with Crippen molar-refractivity contribution < 1.29 is 39.0 Å². The Hall–Kier alpha value is -4.00. The van der Waals surface area contributed by atoms with Crippen molar-refractivity contribution in [3.05, 3.63) is 35.9 Å². The molecule has 13 nitrogen and oxygen atoms in total. The second-order valence-corrected chi connectivity index (χ2v) is 9.38. The van der Waals surface area contributed by atoms with E-state index >= 15 is 0 Å². The molecule has 4 atom stereocenters. The minimum absolute atomic E-state index is 0.0641. The summed E-state index contributed by atoms with van der Waals surface area (Å²) in [5.41, 5.74) is 11.9. The average Bonchev–Trinajstić information content (AvgIpc) is 2.83. The van der Waals surface area contributed by atoms with Gasteiger partial charge in [0.2, 0.25) is 23.6 Å². The minimum atomic E-state index is -1.37. The summed E-state index contributed by atoms with van der Waals surface area (Å²) in [6.45, 7) is 3.54. The van der Waals surface area contributed by atoms with E-state index in [1.165, 1.54) is 0 Å². The van der Waals surface area contributed by atoms with Crippen LogP contribution in [0.25, 0.3) is 0 Å². The number of nitrogens with two attached hydrogens (primary N) is 2. The molecule has 1 aromatic carbocycles. The number of carbonyl (C=O) groups excluding carboxylic acids is 4. The van der Waals surface area contributed by atoms with Crippen LogP contribution in [0, 0.1) is 5.92 Å². The zero-order valence-corrected chi connectivity index (χ0v) is 21.5. The van der Waals surface area contributed by atoms with E-state index < -0.39 is 66.2 Å². The Bertz CT molecular complexity index is 985. The van der Waals surface area contributed by atoms with E-state index in [1.807, 2.05) is 0 Å². The molecular formula is C25H37N5O8. The molecule has 0 heterocycles. The zero-order chi connectivity index (χ0) is 28.8. The summed E-state index contributed by atoms with van der Waals surface area (Å²) in [6.07, 6.45) is -1.03. The van der Waals surface area contributed by atoms with Crippen molar-refractivity contribution in [1.29, 1.82) is 0 Å². The fourth-order valence-electron chi connectivity index (χ4n) is 3.57. The Morgan fingerprint density at radius 3 is 1.76 bits per heavy atom. The molecule has 0 radical (unpaired) electrons. The highest BCUT2D eigenvalue weighted by Gasteiger charge is 2.31. The van der Waals surface area contributed by atoms with Gasteiger partial charge in [-0.1, -0.05) is 44.2 Å². The van der Waals surface area contributed by atoms with E-state index in [2.05, 4.69) is 16.0 Å². The maximum atomic E-state index is 13.1. The molecule has 4 amide bonds. The first-order chi connectivity index (χ1) is 17.8. The SMILES string of the molecule is CC(C)CC(NC(=O)C(CCC(N)=O)NC(=O)C(CCC(=O)O)NC(=O)C(N)Cc1ccccc1)C(=O)O. The minimum Gasteiger partial charge on any atom is -0.481 e. The lowest BCUT2D eigenvalue weighted by Crippen LogP contribution is -2.57. The first-order valence-corrected chi connectivity index (χ1v) is 12.2. The van der Waals surface area contributed by atoms with Gasteiger partial charge in [0, 0.05) is 12.8 Å². The van der Waals surface area contributed by atoms with Gasteiger partial charge in [-0.25, -0.2) is 4.79 Å². The highest BCUT2D eigenvalue weighted by atomic mass is 16.4. The lowest BCUT2D eigenvalue weighted by molar-refractivity contribution is -0.143. The molecular weight excluding hydrogens is 498 g/mol. The van der Waals surface area contributed by atoms with Gasteiger partial charge in [-0.3, -0.25) is 24.0 Å². The normalized spacial score (nSPS) is 14.0. The fraction of sp³-hybridized carbons (Fsp3) is 0.520. The second kappa shape index (κ2) is 16.0. The number of nitrogens with one attached hydrogen (secondary N) is 3. The number of benzene rings is 1. The summed E-state index contributed by atoms with van der Waals surface area (Å²) in [5, 5.41) is 25.7. The molecule has 1 rings (SSSR count). The molecule has 210 valence electrons. The molecule has 0 saturated heterocycles. The summed E-state index contributed by atoms with van der Waals surface area (Å²) in [6, 6.07) is 3.87. The predicted molar refractivity (Wildman–Crippen MR) is 136 cm³/mol. The standard InChI is InChI=1S/C25H37N5O8/c1-14(2)12-19(25(37)38)30-24(36)17(8-10-20(27)31)29-23(35)18(9-11-21(32)33)28-22(34)16(26)13-15-6-4-3-5-7-15/h3-7,14,16-19H,8-13,26H2,1-2H3,(H2,27,31)(H,28,34)(H,29,35)(H,30,36)(H,32,33)(H,37,38). The number of hydrogen-bond acceptors (Lipinski definition) is 7. The molecule has 0 fully saturated rings. The van der Waals surface area contributed by atoms with Gasteiger partial charge in [0.1, 0.15) is 18.1 Å². The number of carbonyl (C=O) groups is 6. The van der Waals surface area contributed by atoms with E-state index in [0.717, 1.165) is 5.56 Å². The van der Waals surface area contributed by atoms with Gasteiger partial charge >= 0.3 is 11.9 Å². The highest BCUT2D eigenvalue weighted by Crippen LogP contribution is 2.08. The van der Waals surface area contributed by atoms with Crippen LogP contribution in [0.4, 0.5) is 0 Å². The van der Waals surface area contributed by atoms with Crippen LogP contribution in [0.5, 0.6) is 0 Å². The Morgan fingerprint density at radius 1 is 0.789 bits per heavy atom. The van der Waals surface area contributed by atoms with Crippen LogP contribution in [-0.4, -0.2) is 69.9 Å². The molecule has 0 aliphatic rings. The summed E-state index contributed by atoms with van der Waals surface area (Å²) < 4.78 is 0. The first kappa shape index (κ1) is 32.0. The number of rotatable bonds is 17. The molecule has 4 unspecified atom stereocenters. The Morgan fingerprint density at radius 2 is 1.29 bits per heavy atom. The number of carboxylic acids is 2. The van der Waals surface area contributed by atoms with Crippen LogP contribution in [0.1, 0.15) is 51.5 Å². The monoisotopic (exact) mass is 535 g/mol.